The number of nitrogens with zero attached hydrogens (tertiary/aromatic N) is 2. The van der Waals surface area contributed by atoms with E-state index in [0.29, 0.717) is 11.4 Å². The Balaban J connectivity index is 1.64. The zero-order valence-corrected chi connectivity index (χ0v) is 16.9. The van der Waals surface area contributed by atoms with Gasteiger partial charge in [0.05, 0.1) is 24.6 Å². The van der Waals surface area contributed by atoms with E-state index >= 15 is 0 Å². The average molecular weight is 394 g/mol. The molecule has 0 aromatic heterocycles. The first-order valence-electron chi connectivity index (χ1n) is 9.54. The van der Waals surface area contributed by atoms with Crippen LogP contribution in [0.1, 0.15) is 24.1 Å². The summed E-state index contributed by atoms with van der Waals surface area (Å²) in [6, 6.07) is 15.4. The maximum absolute atomic E-state index is 13.6. The lowest BCUT2D eigenvalue weighted by Crippen LogP contribution is -2.43. The van der Waals surface area contributed by atoms with E-state index in [1.54, 1.807) is 43.1 Å². The van der Waals surface area contributed by atoms with Gasteiger partial charge in [0.1, 0.15) is 10.6 Å². The summed E-state index contributed by atoms with van der Waals surface area (Å²) in [5, 5.41) is 0. The van der Waals surface area contributed by atoms with Crippen molar-refractivity contribution < 1.29 is 14.3 Å². The van der Waals surface area contributed by atoms with Crippen LogP contribution in [0.25, 0.3) is 0 Å². The van der Waals surface area contributed by atoms with Crippen molar-refractivity contribution in [2.24, 2.45) is 11.8 Å². The van der Waals surface area contributed by atoms with Crippen molar-refractivity contribution in [1.82, 2.24) is 4.90 Å². The SMILES string of the molecule is CCS[C@]12c3ccccc3[C@@H]([C@H]3C(=O)N(c4ccc(OC)cc4)C(=O)[C@@H]31)N2C. The molecule has 2 aromatic rings. The molecule has 2 saturated heterocycles. The zero-order valence-electron chi connectivity index (χ0n) is 16.1. The fraction of sp³-hybridized carbons (Fsp3) is 0.364. The van der Waals surface area contributed by atoms with Crippen molar-refractivity contribution >= 4 is 29.3 Å². The predicted molar refractivity (Wildman–Crippen MR) is 109 cm³/mol. The fourth-order valence-electron chi connectivity index (χ4n) is 5.40. The van der Waals surface area contributed by atoms with Crippen LogP contribution in [0.5, 0.6) is 5.75 Å². The summed E-state index contributed by atoms with van der Waals surface area (Å²) in [4.78, 5) is 30.3. The van der Waals surface area contributed by atoms with Gasteiger partial charge in [-0.25, -0.2) is 4.90 Å². The Bertz CT molecular complexity index is 976. The Morgan fingerprint density at radius 2 is 1.79 bits per heavy atom. The first-order valence-corrected chi connectivity index (χ1v) is 10.5. The van der Waals surface area contributed by atoms with Gasteiger partial charge in [-0.2, -0.15) is 0 Å². The Hall–Kier alpha value is -2.31. The molecule has 3 aliphatic rings. The molecule has 2 aromatic carbocycles. The summed E-state index contributed by atoms with van der Waals surface area (Å²) in [7, 11) is 3.66. The van der Waals surface area contributed by atoms with Crippen LogP contribution < -0.4 is 9.64 Å². The second-order valence-corrected chi connectivity index (χ2v) is 8.97. The van der Waals surface area contributed by atoms with Crippen LogP contribution in [0.2, 0.25) is 0 Å². The summed E-state index contributed by atoms with van der Waals surface area (Å²) in [5.41, 5.74) is 2.99. The number of benzene rings is 2. The lowest BCUT2D eigenvalue weighted by Gasteiger charge is -2.37. The van der Waals surface area contributed by atoms with Crippen molar-refractivity contribution in [2.45, 2.75) is 17.8 Å². The van der Waals surface area contributed by atoms with Crippen LogP contribution in [0.3, 0.4) is 0 Å². The number of carbonyl (C=O) groups excluding carboxylic acids is 2. The van der Waals surface area contributed by atoms with E-state index < -0.39 is 4.87 Å². The normalized spacial score (nSPS) is 30.7. The number of fused-ring (bicyclic) bond motifs is 8. The number of anilines is 1. The van der Waals surface area contributed by atoms with Gasteiger partial charge >= 0.3 is 0 Å². The van der Waals surface area contributed by atoms with E-state index in [2.05, 4.69) is 31.0 Å². The molecule has 4 atom stereocenters. The molecule has 28 heavy (non-hydrogen) atoms. The molecule has 2 bridgehead atoms. The fourth-order valence-corrected chi connectivity index (χ4v) is 6.93. The number of ether oxygens (including phenoxy) is 1. The standard InChI is InChI=1S/C22H22N2O3S/c1-4-28-22-16-8-6-5-7-15(16)19(23(22)2)17-18(22)21(26)24(20(17)25)13-9-11-14(27-3)12-10-13/h5-12,17-19H,4H2,1-3H3/t17-,18+,19-,22+/m0/s1. The highest BCUT2D eigenvalue weighted by Crippen LogP contribution is 2.68. The largest absolute Gasteiger partial charge is 0.497 e. The van der Waals surface area contributed by atoms with Crippen LogP contribution in [-0.4, -0.2) is 36.6 Å². The molecule has 2 amide bonds. The lowest BCUT2D eigenvalue weighted by molar-refractivity contribution is -0.124. The van der Waals surface area contributed by atoms with E-state index in [1.165, 1.54) is 16.0 Å². The molecular formula is C22H22N2O3S. The average Bonchev–Trinajstić information content (AvgIpc) is 3.23. The second kappa shape index (κ2) is 6.09. The molecule has 5 rings (SSSR count). The zero-order chi connectivity index (χ0) is 19.6. The van der Waals surface area contributed by atoms with Gasteiger partial charge in [0, 0.05) is 6.04 Å². The Labute approximate surface area is 168 Å². The van der Waals surface area contributed by atoms with Gasteiger partial charge in [-0.15, -0.1) is 11.8 Å². The molecule has 3 aliphatic heterocycles. The third-order valence-electron chi connectivity index (χ3n) is 6.41. The van der Waals surface area contributed by atoms with E-state index in [1.807, 2.05) is 12.1 Å². The van der Waals surface area contributed by atoms with Crippen molar-refractivity contribution in [3.8, 4) is 5.75 Å². The Morgan fingerprint density at radius 1 is 1.07 bits per heavy atom. The van der Waals surface area contributed by atoms with Gasteiger partial charge in [-0.3, -0.25) is 14.5 Å². The third-order valence-corrected chi connectivity index (χ3v) is 7.91. The summed E-state index contributed by atoms with van der Waals surface area (Å²) in [6.45, 7) is 2.11. The van der Waals surface area contributed by atoms with Crippen LogP contribution in [0.4, 0.5) is 5.69 Å². The summed E-state index contributed by atoms with van der Waals surface area (Å²) in [5.74, 6) is 0.687. The number of amides is 2. The van der Waals surface area contributed by atoms with Gasteiger partial charge in [0.2, 0.25) is 11.8 Å². The maximum atomic E-state index is 13.6. The molecule has 0 saturated carbocycles. The minimum Gasteiger partial charge on any atom is -0.497 e. The smallest absolute Gasteiger partial charge is 0.240 e. The summed E-state index contributed by atoms with van der Waals surface area (Å²) >= 11 is 1.77. The van der Waals surface area contributed by atoms with Gasteiger partial charge in [-0.1, -0.05) is 31.2 Å². The molecule has 2 fully saturated rings. The van der Waals surface area contributed by atoms with Crippen molar-refractivity contribution in [1.29, 1.82) is 0 Å². The number of hydrogen-bond acceptors (Lipinski definition) is 5. The third kappa shape index (κ3) is 1.97. The first kappa shape index (κ1) is 17.8. The molecule has 0 aliphatic carbocycles. The summed E-state index contributed by atoms with van der Waals surface area (Å²) < 4.78 is 5.21. The number of hydrogen-bond donors (Lipinski definition) is 0. The molecule has 0 radical (unpaired) electrons. The highest BCUT2D eigenvalue weighted by Gasteiger charge is 2.73. The number of rotatable bonds is 4. The van der Waals surface area contributed by atoms with E-state index in [0.717, 1.165) is 5.75 Å². The van der Waals surface area contributed by atoms with E-state index in [-0.39, 0.29) is 29.7 Å². The number of methoxy groups -OCH3 is 1. The molecule has 5 nitrogen and oxygen atoms in total. The van der Waals surface area contributed by atoms with Crippen LogP contribution in [0, 0.1) is 11.8 Å². The van der Waals surface area contributed by atoms with Crippen molar-refractivity contribution in [2.75, 3.05) is 24.8 Å². The minimum atomic E-state index is -0.478. The first-order chi connectivity index (χ1) is 13.6. The number of thioether (sulfide) groups is 1. The Morgan fingerprint density at radius 3 is 2.46 bits per heavy atom. The molecule has 0 unspecified atom stereocenters. The predicted octanol–water partition coefficient (Wildman–Crippen LogP) is 3.41. The van der Waals surface area contributed by atoms with Gasteiger partial charge < -0.3 is 4.74 Å². The molecule has 6 heteroatoms. The highest BCUT2D eigenvalue weighted by molar-refractivity contribution is 8.00. The van der Waals surface area contributed by atoms with E-state index in [9.17, 15) is 9.59 Å². The van der Waals surface area contributed by atoms with Gasteiger partial charge in [-0.05, 0) is 48.2 Å². The summed E-state index contributed by atoms with van der Waals surface area (Å²) in [6.07, 6.45) is 0. The van der Waals surface area contributed by atoms with Crippen LogP contribution in [-0.2, 0) is 14.5 Å². The minimum absolute atomic E-state index is 0.0556. The topological polar surface area (TPSA) is 49.9 Å². The Kier molecular flexibility index (Phi) is 3.87. The quantitative estimate of drug-likeness (QED) is 0.744. The molecule has 0 spiro atoms. The number of imide groups is 1. The molecule has 144 valence electrons. The second-order valence-electron chi connectivity index (χ2n) is 7.49. The van der Waals surface area contributed by atoms with Gasteiger partial charge in [0.15, 0.2) is 0 Å². The van der Waals surface area contributed by atoms with Crippen LogP contribution in [0.15, 0.2) is 48.5 Å². The number of carbonyl (C=O) groups is 2. The highest BCUT2D eigenvalue weighted by atomic mass is 32.2. The maximum Gasteiger partial charge on any atom is 0.240 e. The van der Waals surface area contributed by atoms with Crippen LogP contribution >= 0.6 is 11.8 Å². The monoisotopic (exact) mass is 394 g/mol. The lowest BCUT2D eigenvalue weighted by atomic mass is 9.77. The molecule has 0 N–H and O–H groups in total. The molecular weight excluding hydrogens is 372 g/mol. The van der Waals surface area contributed by atoms with Crippen molar-refractivity contribution in [3.05, 3.63) is 59.7 Å². The van der Waals surface area contributed by atoms with Gasteiger partial charge in [0.25, 0.3) is 0 Å². The van der Waals surface area contributed by atoms with E-state index in [4.69, 9.17) is 4.74 Å². The van der Waals surface area contributed by atoms with Crippen molar-refractivity contribution in [3.63, 3.8) is 0 Å². The molecule has 3 heterocycles.